The van der Waals surface area contributed by atoms with Gasteiger partial charge >= 0.3 is 0 Å². The van der Waals surface area contributed by atoms with E-state index < -0.39 is 0 Å². The Morgan fingerprint density at radius 1 is 1.35 bits per heavy atom. The number of nitrogens with one attached hydrogen (secondary N) is 2. The van der Waals surface area contributed by atoms with Crippen molar-refractivity contribution in [3.05, 3.63) is 23.8 Å². The Bertz CT molecular complexity index is 483. The minimum absolute atomic E-state index is 0.0593. The van der Waals surface area contributed by atoms with Gasteiger partial charge in [0.1, 0.15) is 11.8 Å². The molecular weight excluding hydrogens is 258 g/mol. The van der Waals surface area contributed by atoms with Gasteiger partial charge in [0, 0.05) is 32.7 Å². The van der Waals surface area contributed by atoms with E-state index in [0.717, 1.165) is 0 Å². The summed E-state index contributed by atoms with van der Waals surface area (Å²) >= 11 is 0. The molecule has 0 aliphatic rings. The van der Waals surface area contributed by atoms with Gasteiger partial charge < -0.3 is 20.1 Å². The highest BCUT2D eigenvalue weighted by atomic mass is 16.5. The van der Waals surface area contributed by atoms with E-state index >= 15 is 0 Å². The zero-order chi connectivity index (χ0) is 14.8. The van der Waals surface area contributed by atoms with E-state index in [1.807, 2.05) is 0 Å². The zero-order valence-electron chi connectivity index (χ0n) is 11.7. The minimum atomic E-state index is -0.0593. The Balaban J connectivity index is 2.45. The second-order valence-electron chi connectivity index (χ2n) is 4.04. The van der Waals surface area contributed by atoms with E-state index in [-0.39, 0.29) is 5.91 Å². The first-order chi connectivity index (χ1) is 9.71. The average molecular weight is 277 g/mol. The van der Waals surface area contributed by atoms with Gasteiger partial charge in [-0.05, 0) is 12.1 Å². The largest absolute Gasteiger partial charge is 0.497 e. The number of amides is 1. The number of hydrogen-bond donors (Lipinski definition) is 2. The van der Waals surface area contributed by atoms with Crippen LogP contribution in [0.5, 0.6) is 5.75 Å². The molecule has 0 spiro atoms. The average Bonchev–Trinajstić information content (AvgIpc) is 2.47. The van der Waals surface area contributed by atoms with Crippen molar-refractivity contribution < 1.29 is 14.3 Å². The molecule has 6 heteroatoms. The van der Waals surface area contributed by atoms with E-state index in [4.69, 9.17) is 14.7 Å². The molecule has 0 aromatic heterocycles. The van der Waals surface area contributed by atoms with Gasteiger partial charge in [0.15, 0.2) is 0 Å². The molecule has 0 heterocycles. The van der Waals surface area contributed by atoms with E-state index in [1.54, 1.807) is 32.4 Å². The summed E-state index contributed by atoms with van der Waals surface area (Å²) < 4.78 is 9.95. The van der Waals surface area contributed by atoms with Gasteiger partial charge in [0.2, 0.25) is 5.91 Å². The van der Waals surface area contributed by atoms with Crippen LogP contribution >= 0.6 is 0 Å². The third-order valence-electron chi connectivity index (χ3n) is 2.64. The quantitative estimate of drug-likeness (QED) is 0.696. The molecule has 0 aliphatic carbocycles. The molecule has 20 heavy (non-hydrogen) atoms. The highest BCUT2D eigenvalue weighted by Gasteiger charge is 2.05. The first kappa shape index (κ1) is 15.8. The Labute approximate surface area is 118 Å². The van der Waals surface area contributed by atoms with Gasteiger partial charge in [-0.3, -0.25) is 4.79 Å². The number of carbonyl (C=O) groups excluding carboxylic acids is 1. The maximum absolute atomic E-state index is 11.5. The maximum atomic E-state index is 11.5. The molecule has 1 rings (SSSR count). The first-order valence-corrected chi connectivity index (χ1v) is 6.29. The molecule has 0 atom stereocenters. The number of anilines is 1. The summed E-state index contributed by atoms with van der Waals surface area (Å²) in [5.74, 6) is 0.604. The van der Waals surface area contributed by atoms with Gasteiger partial charge in [0.05, 0.1) is 25.0 Å². The molecule has 2 N–H and O–H groups in total. The van der Waals surface area contributed by atoms with Crippen LogP contribution in [0.1, 0.15) is 12.0 Å². The molecule has 6 nitrogen and oxygen atoms in total. The predicted octanol–water partition coefficient (Wildman–Crippen LogP) is 1.13. The van der Waals surface area contributed by atoms with Crippen LogP contribution in [-0.2, 0) is 9.53 Å². The predicted molar refractivity (Wildman–Crippen MR) is 75.7 cm³/mol. The first-order valence-electron chi connectivity index (χ1n) is 6.29. The van der Waals surface area contributed by atoms with Crippen molar-refractivity contribution in [1.82, 2.24) is 5.32 Å². The number of rotatable bonds is 8. The number of methoxy groups -OCH3 is 2. The zero-order valence-corrected chi connectivity index (χ0v) is 11.7. The normalized spacial score (nSPS) is 9.65. The van der Waals surface area contributed by atoms with Crippen molar-refractivity contribution in [3.63, 3.8) is 0 Å². The summed E-state index contributed by atoms with van der Waals surface area (Å²) in [6.07, 6.45) is 0.325. The van der Waals surface area contributed by atoms with Gasteiger partial charge in [-0.15, -0.1) is 0 Å². The Morgan fingerprint density at radius 3 is 2.80 bits per heavy atom. The second kappa shape index (κ2) is 8.77. The number of ether oxygens (including phenoxy) is 2. The number of nitrogens with zero attached hydrogens (tertiary/aromatic N) is 1. The molecule has 0 bridgehead atoms. The molecule has 0 saturated heterocycles. The highest BCUT2D eigenvalue weighted by molar-refractivity contribution is 5.76. The van der Waals surface area contributed by atoms with Crippen LogP contribution in [0.15, 0.2) is 18.2 Å². The Kier molecular flexibility index (Phi) is 6.93. The van der Waals surface area contributed by atoms with Crippen LogP contribution in [0.25, 0.3) is 0 Å². The molecule has 0 aliphatic heterocycles. The van der Waals surface area contributed by atoms with Crippen LogP contribution in [0.3, 0.4) is 0 Å². The summed E-state index contributed by atoms with van der Waals surface area (Å²) in [6.45, 7) is 1.44. The lowest BCUT2D eigenvalue weighted by molar-refractivity contribution is -0.121. The van der Waals surface area contributed by atoms with Crippen LogP contribution in [0, 0.1) is 11.3 Å². The summed E-state index contributed by atoms with van der Waals surface area (Å²) in [5.41, 5.74) is 1.18. The number of benzene rings is 1. The van der Waals surface area contributed by atoms with Gasteiger partial charge in [-0.25, -0.2) is 0 Å². The molecular formula is C14H19N3O3. The third kappa shape index (κ3) is 5.16. The number of carbonyl (C=O) groups is 1. The van der Waals surface area contributed by atoms with Crippen molar-refractivity contribution in [1.29, 1.82) is 5.26 Å². The topological polar surface area (TPSA) is 83.4 Å². The molecule has 1 aromatic rings. The van der Waals surface area contributed by atoms with Crippen molar-refractivity contribution in [2.24, 2.45) is 0 Å². The van der Waals surface area contributed by atoms with Crippen molar-refractivity contribution in [2.45, 2.75) is 6.42 Å². The summed E-state index contributed by atoms with van der Waals surface area (Å²) in [5, 5.41) is 14.8. The molecule has 0 saturated carbocycles. The lowest BCUT2D eigenvalue weighted by Crippen LogP contribution is -2.28. The van der Waals surface area contributed by atoms with Crippen LogP contribution in [-0.4, -0.2) is 39.8 Å². The monoisotopic (exact) mass is 277 g/mol. The maximum Gasteiger partial charge on any atom is 0.221 e. The second-order valence-corrected chi connectivity index (χ2v) is 4.04. The van der Waals surface area contributed by atoms with Crippen molar-refractivity contribution in [3.8, 4) is 11.8 Å². The molecule has 1 amide bonds. The van der Waals surface area contributed by atoms with E-state index in [9.17, 15) is 4.79 Å². The van der Waals surface area contributed by atoms with Crippen LogP contribution in [0.4, 0.5) is 5.69 Å². The third-order valence-corrected chi connectivity index (χ3v) is 2.64. The lowest BCUT2D eigenvalue weighted by atomic mass is 10.2. The van der Waals surface area contributed by atoms with Crippen molar-refractivity contribution >= 4 is 11.6 Å². The lowest BCUT2D eigenvalue weighted by Gasteiger charge is -2.10. The Morgan fingerprint density at radius 2 is 2.15 bits per heavy atom. The van der Waals surface area contributed by atoms with E-state index in [2.05, 4.69) is 16.7 Å². The molecule has 1 aromatic carbocycles. The highest BCUT2D eigenvalue weighted by Crippen LogP contribution is 2.21. The summed E-state index contributed by atoms with van der Waals surface area (Å²) in [4.78, 5) is 11.5. The Hall–Kier alpha value is -2.26. The number of hydrogen-bond acceptors (Lipinski definition) is 5. The van der Waals surface area contributed by atoms with E-state index in [0.29, 0.717) is 43.1 Å². The van der Waals surface area contributed by atoms with Gasteiger partial charge in [0.25, 0.3) is 0 Å². The fourth-order valence-electron chi connectivity index (χ4n) is 1.59. The molecule has 0 fully saturated rings. The minimum Gasteiger partial charge on any atom is -0.497 e. The van der Waals surface area contributed by atoms with Gasteiger partial charge in [-0.2, -0.15) is 5.26 Å². The fourth-order valence-corrected chi connectivity index (χ4v) is 1.59. The summed E-state index contributed by atoms with van der Waals surface area (Å²) in [7, 11) is 3.15. The molecule has 108 valence electrons. The fraction of sp³-hybridized carbons (Fsp3) is 0.429. The van der Waals surface area contributed by atoms with Gasteiger partial charge in [-0.1, -0.05) is 0 Å². The van der Waals surface area contributed by atoms with Crippen molar-refractivity contribution in [2.75, 3.05) is 39.2 Å². The molecule has 0 radical (unpaired) electrons. The van der Waals surface area contributed by atoms with Crippen LogP contribution < -0.4 is 15.4 Å². The standard InChI is InChI=1S/C14H19N3O3/c1-19-8-7-17-14(18)5-6-16-13-9-12(20-2)4-3-11(13)10-15/h3-4,9,16H,5-8H2,1-2H3,(H,17,18). The smallest absolute Gasteiger partial charge is 0.221 e. The SMILES string of the molecule is COCCNC(=O)CCNc1cc(OC)ccc1C#N. The number of nitriles is 1. The molecule has 0 unspecified atom stereocenters. The van der Waals surface area contributed by atoms with Crippen LogP contribution in [0.2, 0.25) is 0 Å². The van der Waals surface area contributed by atoms with E-state index in [1.165, 1.54) is 0 Å². The summed E-state index contributed by atoms with van der Waals surface area (Å²) in [6, 6.07) is 7.23.